The molecular formula is C18H21NO4. The van der Waals surface area contributed by atoms with Crippen molar-refractivity contribution in [2.75, 3.05) is 13.2 Å². The standard InChI is InChI=1S/C18H21NO4/c1-11(2)17(19-18(20)14-6-7-21-12(14)3)13-4-5-15-16(10-13)23-9-8-22-15/h4-7,10-11,17H,8-9H2,1-3H3,(H,19,20). The molecule has 5 heteroatoms. The zero-order valence-electron chi connectivity index (χ0n) is 13.6. The normalized spacial score (nSPS) is 14.6. The van der Waals surface area contributed by atoms with Crippen molar-refractivity contribution in [1.82, 2.24) is 5.32 Å². The van der Waals surface area contributed by atoms with E-state index in [0.717, 1.165) is 17.1 Å². The molecule has 0 saturated heterocycles. The fraction of sp³-hybridized carbons (Fsp3) is 0.389. The predicted octanol–water partition coefficient (Wildman–Crippen LogP) is 3.49. The van der Waals surface area contributed by atoms with Crippen LogP contribution < -0.4 is 14.8 Å². The lowest BCUT2D eigenvalue weighted by molar-refractivity contribution is 0.0923. The average Bonchev–Trinajstić information content (AvgIpc) is 2.98. The summed E-state index contributed by atoms with van der Waals surface area (Å²) in [4.78, 5) is 12.5. The summed E-state index contributed by atoms with van der Waals surface area (Å²) < 4.78 is 16.4. The Kier molecular flexibility index (Phi) is 4.28. The number of fused-ring (bicyclic) bond motifs is 1. The van der Waals surface area contributed by atoms with Crippen LogP contribution >= 0.6 is 0 Å². The smallest absolute Gasteiger partial charge is 0.255 e. The van der Waals surface area contributed by atoms with E-state index >= 15 is 0 Å². The summed E-state index contributed by atoms with van der Waals surface area (Å²) >= 11 is 0. The Hall–Kier alpha value is -2.43. The first-order valence-electron chi connectivity index (χ1n) is 7.80. The van der Waals surface area contributed by atoms with E-state index in [2.05, 4.69) is 19.2 Å². The topological polar surface area (TPSA) is 60.7 Å². The van der Waals surface area contributed by atoms with E-state index < -0.39 is 0 Å². The zero-order valence-corrected chi connectivity index (χ0v) is 13.6. The van der Waals surface area contributed by atoms with E-state index in [4.69, 9.17) is 13.9 Å². The molecule has 3 rings (SSSR count). The molecule has 1 aliphatic heterocycles. The molecule has 1 unspecified atom stereocenters. The van der Waals surface area contributed by atoms with Crippen LogP contribution in [0.1, 0.15) is 41.6 Å². The fourth-order valence-electron chi connectivity index (χ4n) is 2.73. The minimum atomic E-state index is -0.134. The predicted molar refractivity (Wildman–Crippen MR) is 85.9 cm³/mol. The highest BCUT2D eigenvalue weighted by molar-refractivity contribution is 5.95. The van der Waals surface area contributed by atoms with Crippen LogP contribution in [0.3, 0.4) is 0 Å². The molecule has 1 aromatic carbocycles. The quantitative estimate of drug-likeness (QED) is 0.938. The summed E-state index contributed by atoms with van der Waals surface area (Å²) in [5.41, 5.74) is 1.56. The number of furan rings is 1. The number of aryl methyl sites for hydroxylation is 1. The van der Waals surface area contributed by atoms with Gasteiger partial charge in [0.2, 0.25) is 0 Å². The second-order valence-electron chi connectivity index (χ2n) is 5.99. The van der Waals surface area contributed by atoms with E-state index in [0.29, 0.717) is 24.5 Å². The minimum absolute atomic E-state index is 0.118. The van der Waals surface area contributed by atoms with Crippen molar-refractivity contribution in [3.05, 3.63) is 47.4 Å². The average molecular weight is 315 g/mol. The Morgan fingerprint density at radius 3 is 2.52 bits per heavy atom. The Morgan fingerprint density at radius 2 is 1.87 bits per heavy atom. The lowest BCUT2D eigenvalue weighted by atomic mass is 9.95. The van der Waals surface area contributed by atoms with E-state index in [-0.39, 0.29) is 17.9 Å². The van der Waals surface area contributed by atoms with Crippen LogP contribution in [0.25, 0.3) is 0 Å². The Balaban J connectivity index is 1.84. The Bertz CT molecular complexity index is 705. The van der Waals surface area contributed by atoms with Crippen LogP contribution in [0, 0.1) is 12.8 Å². The highest BCUT2D eigenvalue weighted by Gasteiger charge is 2.23. The van der Waals surface area contributed by atoms with Crippen molar-refractivity contribution in [2.45, 2.75) is 26.8 Å². The lowest BCUT2D eigenvalue weighted by Gasteiger charge is -2.25. The number of ether oxygens (including phenoxy) is 2. The second kappa shape index (κ2) is 6.36. The van der Waals surface area contributed by atoms with Gasteiger partial charge in [-0.2, -0.15) is 0 Å². The Labute approximate surface area is 135 Å². The van der Waals surface area contributed by atoms with Crippen LogP contribution in [0.2, 0.25) is 0 Å². The van der Waals surface area contributed by atoms with Crippen LogP contribution in [0.4, 0.5) is 0 Å². The zero-order chi connectivity index (χ0) is 16.4. The molecule has 23 heavy (non-hydrogen) atoms. The fourth-order valence-corrected chi connectivity index (χ4v) is 2.73. The summed E-state index contributed by atoms with van der Waals surface area (Å²) in [5, 5.41) is 3.09. The summed E-state index contributed by atoms with van der Waals surface area (Å²) in [7, 11) is 0. The van der Waals surface area contributed by atoms with E-state index in [1.165, 1.54) is 6.26 Å². The number of carbonyl (C=O) groups is 1. The molecule has 1 N–H and O–H groups in total. The third kappa shape index (κ3) is 3.18. The number of nitrogens with one attached hydrogen (secondary N) is 1. The van der Waals surface area contributed by atoms with Crippen molar-refractivity contribution in [3.8, 4) is 11.5 Å². The SMILES string of the molecule is Cc1occc1C(=O)NC(c1ccc2c(c1)OCCO2)C(C)C. The summed E-state index contributed by atoms with van der Waals surface area (Å²) in [6.07, 6.45) is 1.53. The maximum Gasteiger partial charge on any atom is 0.255 e. The van der Waals surface area contributed by atoms with Gasteiger partial charge in [0.15, 0.2) is 11.5 Å². The lowest BCUT2D eigenvalue weighted by Crippen LogP contribution is -2.32. The first-order valence-corrected chi connectivity index (χ1v) is 7.80. The molecule has 1 aromatic heterocycles. The van der Waals surface area contributed by atoms with Crippen molar-refractivity contribution in [3.63, 3.8) is 0 Å². The molecule has 0 bridgehead atoms. The molecule has 5 nitrogen and oxygen atoms in total. The number of carbonyl (C=O) groups excluding carboxylic acids is 1. The number of rotatable bonds is 4. The van der Waals surface area contributed by atoms with Crippen LogP contribution in [0.15, 0.2) is 34.9 Å². The molecule has 2 aromatic rings. The molecular weight excluding hydrogens is 294 g/mol. The maximum atomic E-state index is 12.5. The van der Waals surface area contributed by atoms with Gasteiger partial charge in [0.05, 0.1) is 17.9 Å². The minimum Gasteiger partial charge on any atom is -0.486 e. The van der Waals surface area contributed by atoms with Gasteiger partial charge in [0.25, 0.3) is 5.91 Å². The molecule has 0 spiro atoms. The number of hydrogen-bond acceptors (Lipinski definition) is 4. The first kappa shape index (κ1) is 15.5. The molecule has 0 aliphatic carbocycles. The first-order chi connectivity index (χ1) is 11.1. The molecule has 122 valence electrons. The van der Waals surface area contributed by atoms with Crippen LogP contribution in [-0.4, -0.2) is 19.1 Å². The van der Waals surface area contributed by atoms with Crippen LogP contribution in [0.5, 0.6) is 11.5 Å². The van der Waals surface area contributed by atoms with Crippen molar-refractivity contribution < 1.29 is 18.7 Å². The van der Waals surface area contributed by atoms with Gasteiger partial charge in [0, 0.05) is 0 Å². The van der Waals surface area contributed by atoms with Crippen molar-refractivity contribution in [1.29, 1.82) is 0 Å². The van der Waals surface area contributed by atoms with Crippen molar-refractivity contribution >= 4 is 5.91 Å². The third-order valence-electron chi connectivity index (χ3n) is 3.98. The van der Waals surface area contributed by atoms with Gasteiger partial charge in [-0.1, -0.05) is 19.9 Å². The van der Waals surface area contributed by atoms with Gasteiger partial charge in [0.1, 0.15) is 19.0 Å². The van der Waals surface area contributed by atoms with E-state index in [1.54, 1.807) is 13.0 Å². The number of amides is 1. The summed E-state index contributed by atoms with van der Waals surface area (Å²) in [6.45, 7) is 7.04. The van der Waals surface area contributed by atoms with E-state index in [9.17, 15) is 4.79 Å². The number of hydrogen-bond donors (Lipinski definition) is 1. The maximum absolute atomic E-state index is 12.5. The second-order valence-corrected chi connectivity index (χ2v) is 5.99. The largest absolute Gasteiger partial charge is 0.486 e. The molecule has 1 atom stereocenters. The van der Waals surface area contributed by atoms with E-state index in [1.807, 2.05) is 18.2 Å². The molecule has 1 amide bonds. The Morgan fingerprint density at radius 1 is 1.13 bits per heavy atom. The third-order valence-corrected chi connectivity index (χ3v) is 3.98. The summed E-state index contributed by atoms with van der Waals surface area (Å²) in [5.74, 6) is 2.19. The van der Waals surface area contributed by atoms with Gasteiger partial charge in [-0.05, 0) is 36.6 Å². The van der Waals surface area contributed by atoms with Gasteiger partial charge in [-0.25, -0.2) is 0 Å². The van der Waals surface area contributed by atoms with Gasteiger partial charge < -0.3 is 19.2 Å². The molecule has 0 saturated carbocycles. The molecule has 2 heterocycles. The molecule has 0 fully saturated rings. The van der Waals surface area contributed by atoms with Gasteiger partial charge in [-0.3, -0.25) is 4.79 Å². The van der Waals surface area contributed by atoms with Gasteiger partial charge >= 0.3 is 0 Å². The summed E-state index contributed by atoms with van der Waals surface area (Å²) in [6, 6.07) is 7.38. The molecule has 0 radical (unpaired) electrons. The highest BCUT2D eigenvalue weighted by atomic mass is 16.6. The molecule has 1 aliphatic rings. The van der Waals surface area contributed by atoms with Crippen LogP contribution in [-0.2, 0) is 0 Å². The van der Waals surface area contributed by atoms with Crippen molar-refractivity contribution in [2.24, 2.45) is 5.92 Å². The monoisotopic (exact) mass is 315 g/mol. The highest BCUT2D eigenvalue weighted by Crippen LogP contribution is 2.34. The number of benzene rings is 1. The van der Waals surface area contributed by atoms with Gasteiger partial charge in [-0.15, -0.1) is 0 Å².